The third-order valence-corrected chi connectivity index (χ3v) is 0.908. The SMILES string of the molecule is CCOC(=O)OC=COC(=O)OCC. The van der Waals surface area contributed by atoms with Gasteiger partial charge in [0.05, 0.1) is 13.2 Å². The van der Waals surface area contributed by atoms with Crippen LogP contribution in [-0.4, -0.2) is 25.5 Å². The Labute approximate surface area is 81.4 Å². The maximum Gasteiger partial charge on any atom is 0.513 e. The number of ether oxygens (including phenoxy) is 4. The summed E-state index contributed by atoms with van der Waals surface area (Å²) in [6.45, 7) is 3.71. The molecule has 0 aliphatic carbocycles. The molecule has 0 amide bonds. The highest BCUT2D eigenvalue weighted by Crippen LogP contribution is 1.89. The van der Waals surface area contributed by atoms with E-state index in [1.54, 1.807) is 13.8 Å². The third kappa shape index (κ3) is 6.96. The van der Waals surface area contributed by atoms with Gasteiger partial charge in [-0.2, -0.15) is 0 Å². The molecule has 0 aliphatic rings. The lowest BCUT2D eigenvalue weighted by atomic mass is 10.9. The quantitative estimate of drug-likeness (QED) is 0.513. The van der Waals surface area contributed by atoms with Gasteiger partial charge in [0.15, 0.2) is 0 Å². The standard InChI is InChI=1S/C8H12O6/c1-3-11-7(9)13-5-6-14-8(10)12-4-2/h5-6H,3-4H2,1-2H3. The lowest BCUT2D eigenvalue weighted by Gasteiger charge is -1.99. The average Bonchev–Trinajstić information content (AvgIpc) is 2.13. The molecule has 0 unspecified atom stereocenters. The van der Waals surface area contributed by atoms with E-state index in [2.05, 4.69) is 18.9 Å². The minimum Gasteiger partial charge on any atom is -0.434 e. The summed E-state index contributed by atoms with van der Waals surface area (Å²) in [5.41, 5.74) is 0. The van der Waals surface area contributed by atoms with Crippen molar-refractivity contribution in [3.8, 4) is 0 Å². The first-order chi connectivity index (χ1) is 6.70. The molecule has 14 heavy (non-hydrogen) atoms. The van der Waals surface area contributed by atoms with Gasteiger partial charge in [-0.05, 0) is 13.8 Å². The molecule has 0 N–H and O–H groups in total. The van der Waals surface area contributed by atoms with Gasteiger partial charge in [0.2, 0.25) is 0 Å². The molecular formula is C8H12O6. The molecule has 0 heterocycles. The Morgan fingerprint density at radius 1 is 0.929 bits per heavy atom. The normalized spacial score (nSPS) is 9.57. The lowest BCUT2D eigenvalue weighted by Crippen LogP contribution is -2.04. The molecule has 0 saturated heterocycles. The molecule has 0 saturated carbocycles. The van der Waals surface area contributed by atoms with Crippen LogP contribution in [0.3, 0.4) is 0 Å². The average molecular weight is 204 g/mol. The summed E-state index contributed by atoms with van der Waals surface area (Å²) in [5.74, 6) is 0. The second kappa shape index (κ2) is 7.90. The predicted octanol–water partition coefficient (Wildman–Crippen LogP) is 1.80. The fourth-order valence-electron chi connectivity index (χ4n) is 0.470. The first kappa shape index (κ1) is 12.3. The minimum absolute atomic E-state index is 0.214. The maximum atomic E-state index is 10.5. The highest BCUT2D eigenvalue weighted by atomic mass is 16.7. The van der Waals surface area contributed by atoms with Gasteiger partial charge < -0.3 is 18.9 Å². The predicted molar refractivity (Wildman–Crippen MR) is 45.4 cm³/mol. The number of carbonyl (C=O) groups excluding carboxylic acids is 2. The molecule has 80 valence electrons. The summed E-state index contributed by atoms with van der Waals surface area (Å²) in [4.78, 5) is 21.1. The van der Waals surface area contributed by atoms with Crippen molar-refractivity contribution in [3.05, 3.63) is 12.5 Å². The Kier molecular flexibility index (Phi) is 6.93. The zero-order valence-corrected chi connectivity index (χ0v) is 8.02. The third-order valence-electron chi connectivity index (χ3n) is 0.908. The molecule has 6 heteroatoms. The number of hydrogen-bond acceptors (Lipinski definition) is 6. The molecule has 0 fully saturated rings. The Bertz CT molecular complexity index is 188. The lowest BCUT2D eigenvalue weighted by molar-refractivity contribution is 0.0775. The Balaban J connectivity index is 3.53. The summed E-state index contributed by atoms with van der Waals surface area (Å²) < 4.78 is 17.5. The van der Waals surface area contributed by atoms with Crippen LogP contribution in [0.15, 0.2) is 12.5 Å². The summed E-state index contributed by atoms with van der Waals surface area (Å²) in [6, 6.07) is 0. The molecule has 0 aliphatic heterocycles. The largest absolute Gasteiger partial charge is 0.513 e. The first-order valence-corrected chi connectivity index (χ1v) is 4.02. The number of carbonyl (C=O) groups is 2. The van der Waals surface area contributed by atoms with Crippen LogP contribution in [-0.2, 0) is 18.9 Å². The smallest absolute Gasteiger partial charge is 0.434 e. The summed E-state index contributed by atoms with van der Waals surface area (Å²) in [6.07, 6.45) is 0.0384. The fraction of sp³-hybridized carbons (Fsp3) is 0.500. The highest BCUT2D eigenvalue weighted by Gasteiger charge is 2.00. The summed E-state index contributed by atoms with van der Waals surface area (Å²) in [5, 5.41) is 0. The van der Waals surface area contributed by atoms with Crippen LogP contribution < -0.4 is 0 Å². The summed E-state index contributed by atoms with van der Waals surface area (Å²) in [7, 11) is 0. The van der Waals surface area contributed by atoms with Gasteiger partial charge in [0.25, 0.3) is 0 Å². The highest BCUT2D eigenvalue weighted by molar-refractivity contribution is 5.61. The van der Waals surface area contributed by atoms with Gasteiger partial charge in [-0.3, -0.25) is 0 Å². The Morgan fingerprint density at radius 3 is 1.57 bits per heavy atom. The summed E-state index contributed by atoms with van der Waals surface area (Å²) >= 11 is 0. The Morgan fingerprint density at radius 2 is 1.29 bits per heavy atom. The van der Waals surface area contributed by atoms with E-state index in [9.17, 15) is 9.59 Å². The number of hydrogen-bond donors (Lipinski definition) is 0. The van der Waals surface area contributed by atoms with Gasteiger partial charge in [-0.1, -0.05) is 0 Å². The zero-order valence-electron chi connectivity index (χ0n) is 8.02. The second-order valence-electron chi connectivity index (χ2n) is 1.87. The molecule has 0 spiro atoms. The van der Waals surface area contributed by atoms with Gasteiger partial charge in [-0.15, -0.1) is 0 Å². The minimum atomic E-state index is -0.865. The molecular weight excluding hydrogens is 192 g/mol. The van der Waals surface area contributed by atoms with Crippen LogP contribution in [0.1, 0.15) is 13.8 Å². The van der Waals surface area contributed by atoms with Crippen LogP contribution in [0.4, 0.5) is 9.59 Å². The van der Waals surface area contributed by atoms with Crippen molar-refractivity contribution in [2.75, 3.05) is 13.2 Å². The molecule has 6 nitrogen and oxygen atoms in total. The van der Waals surface area contributed by atoms with Crippen molar-refractivity contribution in [2.45, 2.75) is 13.8 Å². The fourth-order valence-corrected chi connectivity index (χ4v) is 0.470. The topological polar surface area (TPSA) is 71.1 Å². The number of rotatable bonds is 4. The van der Waals surface area contributed by atoms with Gasteiger partial charge in [-0.25, -0.2) is 9.59 Å². The monoisotopic (exact) mass is 204 g/mol. The van der Waals surface area contributed by atoms with E-state index in [0.717, 1.165) is 12.5 Å². The van der Waals surface area contributed by atoms with Gasteiger partial charge in [0.1, 0.15) is 12.5 Å². The van der Waals surface area contributed by atoms with Crippen molar-refractivity contribution in [1.82, 2.24) is 0 Å². The van der Waals surface area contributed by atoms with Crippen LogP contribution in [0.5, 0.6) is 0 Å². The van der Waals surface area contributed by atoms with E-state index >= 15 is 0 Å². The Hall–Kier alpha value is -1.72. The van der Waals surface area contributed by atoms with E-state index < -0.39 is 12.3 Å². The van der Waals surface area contributed by atoms with Crippen molar-refractivity contribution in [3.63, 3.8) is 0 Å². The van der Waals surface area contributed by atoms with Crippen molar-refractivity contribution >= 4 is 12.3 Å². The van der Waals surface area contributed by atoms with E-state index in [0.29, 0.717) is 0 Å². The second-order valence-corrected chi connectivity index (χ2v) is 1.87. The molecule has 0 aromatic rings. The molecule has 0 radical (unpaired) electrons. The van der Waals surface area contributed by atoms with Crippen molar-refractivity contribution < 1.29 is 28.5 Å². The molecule has 0 bridgehead atoms. The molecule has 0 rings (SSSR count). The first-order valence-electron chi connectivity index (χ1n) is 4.02. The van der Waals surface area contributed by atoms with Crippen LogP contribution in [0, 0.1) is 0 Å². The van der Waals surface area contributed by atoms with E-state index in [1.165, 1.54) is 0 Å². The van der Waals surface area contributed by atoms with Gasteiger partial charge >= 0.3 is 12.3 Å². The van der Waals surface area contributed by atoms with E-state index in [-0.39, 0.29) is 13.2 Å². The van der Waals surface area contributed by atoms with Gasteiger partial charge in [0, 0.05) is 0 Å². The van der Waals surface area contributed by atoms with E-state index in [1.807, 2.05) is 0 Å². The van der Waals surface area contributed by atoms with Crippen molar-refractivity contribution in [1.29, 1.82) is 0 Å². The molecule has 0 atom stereocenters. The molecule has 0 aromatic heterocycles. The zero-order chi connectivity index (χ0) is 10.8. The van der Waals surface area contributed by atoms with E-state index in [4.69, 9.17) is 0 Å². The van der Waals surface area contributed by atoms with Crippen LogP contribution in [0.2, 0.25) is 0 Å². The molecule has 0 aromatic carbocycles. The van der Waals surface area contributed by atoms with Crippen LogP contribution in [0.25, 0.3) is 0 Å². The van der Waals surface area contributed by atoms with Crippen LogP contribution >= 0.6 is 0 Å². The van der Waals surface area contributed by atoms with Crippen molar-refractivity contribution in [2.24, 2.45) is 0 Å². The maximum absolute atomic E-state index is 10.5.